The van der Waals surface area contributed by atoms with Crippen molar-refractivity contribution in [1.29, 1.82) is 0 Å². The van der Waals surface area contributed by atoms with Crippen LogP contribution in [0.3, 0.4) is 0 Å². The third kappa shape index (κ3) is 14.2. The Kier molecular flexibility index (Phi) is 19.5. The Morgan fingerprint density at radius 1 is 0.778 bits per heavy atom. The Balaban J connectivity index is 0. The topological polar surface area (TPSA) is 26.7 Å². The molecule has 18 heavy (non-hydrogen) atoms. The van der Waals surface area contributed by atoms with E-state index in [9.17, 15) is 0 Å². The Morgan fingerprint density at radius 3 is 1.44 bits per heavy atom. The van der Waals surface area contributed by atoms with Gasteiger partial charge in [0, 0.05) is 19.0 Å². The molecule has 0 aliphatic carbocycles. The van der Waals surface area contributed by atoms with Gasteiger partial charge in [0.25, 0.3) is 0 Å². The first kappa shape index (κ1) is 20.5. The number of hydrogen-bond donors (Lipinski definition) is 1. The maximum Gasteiger partial charge on any atom is 0.0443 e. The van der Waals surface area contributed by atoms with Crippen LogP contribution in [-0.2, 0) is 0 Å². The fraction of sp³-hybridized carbons (Fsp3) is 1.00. The number of nitrogens with zero attached hydrogens (tertiary/aromatic N) is 2. The van der Waals surface area contributed by atoms with Crippen LogP contribution in [0, 0.1) is 0 Å². The molecule has 3 nitrogen and oxygen atoms in total. The van der Waals surface area contributed by atoms with E-state index >= 15 is 0 Å². The summed E-state index contributed by atoms with van der Waals surface area (Å²) in [5.74, 6) is 0.788. The van der Waals surface area contributed by atoms with Crippen molar-refractivity contribution in [3.8, 4) is 0 Å². The molecular formula is C14H33ClN2O. The van der Waals surface area contributed by atoms with Crippen molar-refractivity contribution in [1.82, 2.24) is 9.80 Å². The van der Waals surface area contributed by atoms with E-state index in [1.807, 2.05) is 0 Å². The monoisotopic (exact) mass is 280 g/mol. The van der Waals surface area contributed by atoms with E-state index in [-0.39, 0.29) is 0 Å². The first-order valence-electron chi connectivity index (χ1n) is 7.31. The molecule has 0 aliphatic rings. The number of aliphatic hydroxyl groups excluding tert-OH is 1. The van der Waals surface area contributed by atoms with E-state index in [0.29, 0.717) is 6.61 Å². The molecular weight excluding hydrogens is 248 g/mol. The second-order valence-corrected chi connectivity index (χ2v) is 4.55. The second-order valence-electron chi connectivity index (χ2n) is 4.17. The molecule has 0 aromatic rings. The van der Waals surface area contributed by atoms with Gasteiger partial charge in [-0.3, -0.25) is 0 Å². The molecule has 0 radical (unpaired) electrons. The van der Waals surface area contributed by atoms with Crippen molar-refractivity contribution in [3.05, 3.63) is 0 Å². The largest absolute Gasteiger partial charge is 0.396 e. The lowest BCUT2D eigenvalue weighted by Crippen LogP contribution is -2.24. The summed E-state index contributed by atoms with van der Waals surface area (Å²) in [5, 5.41) is 8.48. The third-order valence-corrected chi connectivity index (χ3v) is 3.30. The SMILES string of the molecule is CCN(CC)CCCCl.CCN(CC)CCCO. The lowest BCUT2D eigenvalue weighted by atomic mass is 10.4. The summed E-state index contributed by atoms with van der Waals surface area (Å²) in [6.07, 6.45) is 2.02. The summed E-state index contributed by atoms with van der Waals surface area (Å²) >= 11 is 5.53. The van der Waals surface area contributed by atoms with Crippen molar-refractivity contribution in [2.24, 2.45) is 0 Å². The predicted molar refractivity (Wildman–Crippen MR) is 82.6 cm³/mol. The van der Waals surface area contributed by atoms with Crippen LogP contribution >= 0.6 is 11.6 Å². The quantitative estimate of drug-likeness (QED) is 0.623. The molecule has 0 saturated heterocycles. The van der Waals surface area contributed by atoms with Gasteiger partial charge in [-0.15, -0.1) is 11.6 Å². The zero-order valence-corrected chi connectivity index (χ0v) is 13.5. The van der Waals surface area contributed by atoms with Crippen molar-refractivity contribution < 1.29 is 5.11 Å². The van der Waals surface area contributed by atoms with Crippen LogP contribution in [0.15, 0.2) is 0 Å². The van der Waals surface area contributed by atoms with Crippen LogP contribution in [0.4, 0.5) is 0 Å². The Labute approximate surface area is 119 Å². The molecule has 1 N–H and O–H groups in total. The minimum absolute atomic E-state index is 0.316. The van der Waals surface area contributed by atoms with Gasteiger partial charge in [-0.1, -0.05) is 27.7 Å². The average molecular weight is 281 g/mol. The highest BCUT2D eigenvalue weighted by Gasteiger charge is 1.95. The van der Waals surface area contributed by atoms with E-state index in [1.165, 1.54) is 0 Å². The number of aliphatic hydroxyl groups is 1. The highest BCUT2D eigenvalue weighted by atomic mass is 35.5. The van der Waals surface area contributed by atoms with Gasteiger partial charge >= 0.3 is 0 Å². The highest BCUT2D eigenvalue weighted by Crippen LogP contribution is 1.91. The zero-order chi connectivity index (χ0) is 14.2. The molecule has 0 amide bonds. The van der Waals surface area contributed by atoms with Gasteiger partial charge in [0.05, 0.1) is 0 Å². The predicted octanol–water partition coefficient (Wildman–Crippen LogP) is 2.67. The van der Waals surface area contributed by atoms with Crippen LogP contribution in [0.2, 0.25) is 0 Å². The standard InChI is InChI=1S/C7H16ClN.C7H17NO/c1-3-9(4-2)7-5-6-8;1-3-8(4-2)6-5-7-9/h3-7H2,1-2H3;9H,3-7H2,1-2H3. The summed E-state index contributed by atoms with van der Waals surface area (Å²) in [4.78, 5) is 4.68. The van der Waals surface area contributed by atoms with Crippen LogP contribution < -0.4 is 0 Å². The van der Waals surface area contributed by atoms with Crippen molar-refractivity contribution in [2.75, 3.05) is 51.8 Å². The van der Waals surface area contributed by atoms with E-state index in [0.717, 1.165) is 58.0 Å². The number of hydrogen-bond acceptors (Lipinski definition) is 3. The molecule has 0 aliphatic heterocycles. The van der Waals surface area contributed by atoms with Crippen LogP contribution in [0.1, 0.15) is 40.5 Å². The molecule has 0 rings (SSSR count). The van der Waals surface area contributed by atoms with Crippen LogP contribution in [0.5, 0.6) is 0 Å². The Hall–Kier alpha value is 0.170. The molecule has 0 aromatic heterocycles. The molecule has 0 unspecified atom stereocenters. The van der Waals surface area contributed by atoms with Gasteiger partial charge in [-0.05, 0) is 45.6 Å². The van der Waals surface area contributed by atoms with E-state index in [2.05, 4.69) is 37.5 Å². The fourth-order valence-corrected chi connectivity index (χ4v) is 1.78. The normalized spacial score (nSPS) is 10.7. The Morgan fingerprint density at radius 2 is 1.17 bits per heavy atom. The first-order valence-corrected chi connectivity index (χ1v) is 7.84. The number of halogens is 1. The molecule has 0 fully saturated rings. The van der Waals surface area contributed by atoms with Gasteiger partial charge in [0.2, 0.25) is 0 Å². The molecule has 0 saturated carbocycles. The van der Waals surface area contributed by atoms with Crippen LogP contribution in [0.25, 0.3) is 0 Å². The summed E-state index contributed by atoms with van der Waals surface area (Å²) in [6, 6.07) is 0. The molecule has 0 bridgehead atoms. The van der Waals surface area contributed by atoms with Gasteiger partial charge in [0.15, 0.2) is 0 Å². The summed E-state index contributed by atoms with van der Waals surface area (Å²) < 4.78 is 0. The van der Waals surface area contributed by atoms with E-state index in [1.54, 1.807) is 0 Å². The lowest BCUT2D eigenvalue weighted by molar-refractivity contribution is 0.236. The minimum atomic E-state index is 0.316. The second kappa shape index (κ2) is 17.2. The highest BCUT2D eigenvalue weighted by molar-refractivity contribution is 6.17. The van der Waals surface area contributed by atoms with Crippen molar-refractivity contribution in [3.63, 3.8) is 0 Å². The lowest BCUT2D eigenvalue weighted by Gasteiger charge is -2.16. The Bertz CT molecular complexity index is 124. The maximum absolute atomic E-state index is 8.48. The molecule has 0 heterocycles. The molecule has 0 aromatic carbocycles. The number of alkyl halides is 1. The molecule has 112 valence electrons. The number of rotatable bonds is 10. The smallest absolute Gasteiger partial charge is 0.0443 e. The van der Waals surface area contributed by atoms with Crippen molar-refractivity contribution in [2.45, 2.75) is 40.5 Å². The van der Waals surface area contributed by atoms with E-state index < -0.39 is 0 Å². The van der Waals surface area contributed by atoms with Gasteiger partial charge in [-0.25, -0.2) is 0 Å². The third-order valence-electron chi connectivity index (χ3n) is 3.03. The summed E-state index contributed by atoms with van der Waals surface area (Å²) in [6.45, 7) is 15.6. The fourth-order valence-electron chi connectivity index (χ4n) is 1.66. The summed E-state index contributed by atoms with van der Waals surface area (Å²) in [5.41, 5.74) is 0. The molecule has 0 spiro atoms. The van der Waals surface area contributed by atoms with Crippen molar-refractivity contribution >= 4 is 11.6 Å². The van der Waals surface area contributed by atoms with Gasteiger partial charge < -0.3 is 14.9 Å². The minimum Gasteiger partial charge on any atom is -0.396 e. The maximum atomic E-state index is 8.48. The molecule has 4 heteroatoms. The molecule has 0 atom stereocenters. The summed E-state index contributed by atoms with van der Waals surface area (Å²) in [7, 11) is 0. The average Bonchev–Trinajstić information content (AvgIpc) is 2.42. The van der Waals surface area contributed by atoms with E-state index in [4.69, 9.17) is 16.7 Å². The first-order chi connectivity index (χ1) is 8.69. The van der Waals surface area contributed by atoms with Gasteiger partial charge in [0.1, 0.15) is 0 Å². The zero-order valence-electron chi connectivity index (χ0n) is 12.8. The van der Waals surface area contributed by atoms with Crippen LogP contribution in [-0.4, -0.2) is 66.7 Å². The van der Waals surface area contributed by atoms with Gasteiger partial charge in [-0.2, -0.15) is 0 Å².